The van der Waals surface area contributed by atoms with Gasteiger partial charge in [0.05, 0.1) is 28.2 Å². The fraction of sp³-hybridized carbons (Fsp3) is 0.0492. The van der Waals surface area contributed by atoms with Crippen LogP contribution < -0.4 is 14.7 Å². The van der Waals surface area contributed by atoms with Gasteiger partial charge in [-0.25, -0.2) is 0 Å². The number of hydrogen-bond donors (Lipinski definition) is 0. The zero-order valence-corrected chi connectivity index (χ0v) is 36.4. The van der Waals surface area contributed by atoms with E-state index in [1.165, 1.54) is 53.8 Å². The minimum absolute atomic E-state index is 0.166. The van der Waals surface area contributed by atoms with Gasteiger partial charge in [-0.1, -0.05) is 158 Å². The second-order valence-electron chi connectivity index (χ2n) is 17.2. The van der Waals surface area contributed by atoms with E-state index in [9.17, 15) is 0 Å². The van der Waals surface area contributed by atoms with E-state index < -0.39 is 5.41 Å². The van der Waals surface area contributed by atoms with Crippen molar-refractivity contribution in [2.24, 2.45) is 5.92 Å². The van der Waals surface area contributed by atoms with E-state index >= 15 is 0 Å². The fourth-order valence-electron chi connectivity index (χ4n) is 11.3. The number of benzene rings is 9. The molecule has 10 aromatic rings. The third-order valence-electron chi connectivity index (χ3n) is 13.9. The van der Waals surface area contributed by atoms with Gasteiger partial charge in [-0.05, 0) is 113 Å². The molecule has 3 unspecified atom stereocenters. The highest BCUT2D eigenvalue weighted by Crippen LogP contribution is 2.66. The third-order valence-corrected chi connectivity index (χ3v) is 15.0. The molecule has 4 heteroatoms. The zero-order chi connectivity index (χ0) is 42.9. The average Bonchev–Trinajstić information content (AvgIpc) is 3.89. The Morgan fingerprint density at radius 3 is 1.68 bits per heavy atom. The second kappa shape index (κ2) is 15.1. The summed E-state index contributed by atoms with van der Waals surface area (Å²) in [6.07, 6.45) is 9.43. The molecule has 2 aliphatic carbocycles. The van der Waals surface area contributed by atoms with Crippen LogP contribution in [0.2, 0.25) is 0 Å². The van der Waals surface area contributed by atoms with Crippen LogP contribution in [0, 0.1) is 5.92 Å². The maximum absolute atomic E-state index is 2.54. The van der Waals surface area contributed by atoms with Crippen molar-refractivity contribution in [2.75, 3.05) is 14.7 Å². The molecule has 1 aromatic heterocycles. The molecular formula is C61H43N3S. The quantitative estimate of drug-likeness (QED) is 0.158. The van der Waals surface area contributed by atoms with Gasteiger partial charge >= 0.3 is 0 Å². The second-order valence-corrected chi connectivity index (χ2v) is 18.3. The van der Waals surface area contributed by atoms with E-state index in [4.69, 9.17) is 0 Å². The summed E-state index contributed by atoms with van der Waals surface area (Å²) < 4.78 is 2.53. The van der Waals surface area contributed by atoms with Crippen molar-refractivity contribution in [1.82, 2.24) is 0 Å². The Kier molecular flexibility index (Phi) is 8.75. The Bertz CT molecular complexity index is 3430. The highest BCUT2D eigenvalue weighted by molar-refractivity contribution is 7.25. The molecule has 13 rings (SSSR count). The molecule has 2 heterocycles. The van der Waals surface area contributed by atoms with Crippen LogP contribution >= 0.6 is 11.3 Å². The van der Waals surface area contributed by atoms with E-state index in [-0.39, 0.29) is 11.8 Å². The molecule has 1 aliphatic heterocycles. The molecule has 3 atom stereocenters. The molecule has 65 heavy (non-hydrogen) atoms. The number of hydrogen-bond acceptors (Lipinski definition) is 4. The van der Waals surface area contributed by atoms with Gasteiger partial charge in [0, 0.05) is 60.4 Å². The lowest BCUT2D eigenvalue weighted by Crippen LogP contribution is -2.40. The Morgan fingerprint density at radius 1 is 0.400 bits per heavy atom. The van der Waals surface area contributed by atoms with Crippen LogP contribution in [0.25, 0.3) is 20.2 Å². The minimum atomic E-state index is -0.478. The van der Waals surface area contributed by atoms with Crippen molar-refractivity contribution in [3.8, 4) is 0 Å². The van der Waals surface area contributed by atoms with Gasteiger partial charge in [0.25, 0.3) is 0 Å². The normalized spacial score (nSPS) is 17.8. The molecule has 0 amide bonds. The van der Waals surface area contributed by atoms with Crippen LogP contribution in [0.4, 0.5) is 51.2 Å². The number of rotatable bonds is 7. The largest absolute Gasteiger partial charge is 0.310 e. The predicted octanol–water partition coefficient (Wildman–Crippen LogP) is 17.0. The van der Waals surface area contributed by atoms with Crippen molar-refractivity contribution < 1.29 is 0 Å². The fourth-order valence-corrected chi connectivity index (χ4v) is 12.4. The average molecular weight is 850 g/mol. The zero-order valence-electron chi connectivity index (χ0n) is 35.6. The monoisotopic (exact) mass is 849 g/mol. The van der Waals surface area contributed by atoms with Crippen LogP contribution in [0.1, 0.15) is 28.2 Å². The van der Waals surface area contributed by atoms with Gasteiger partial charge in [-0.15, -0.1) is 11.3 Å². The maximum Gasteiger partial charge on any atom is 0.0716 e. The first-order chi connectivity index (χ1) is 32.3. The van der Waals surface area contributed by atoms with E-state index in [1.54, 1.807) is 0 Å². The van der Waals surface area contributed by atoms with Gasteiger partial charge in [0.2, 0.25) is 0 Å². The van der Waals surface area contributed by atoms with Crippen molar-refractivity contribution in [3.63, 3.8) is 0 Å². The van der Waals surface area contributed by atoms with Gasteiger partial charge in [0.1, 0.15) is 0 Å². The molecule has 0 radical (unpaired) electrons. The van der Waals surface area contributed by atoms with E-state index in [2.05, 4.69) is 263 Å². The number of thiophene rings is 1. The number of nitrogens with zero attached hydrogens (tertiary/aromatic N) is 3. The molecule has 0 saturated heterocycles. The van der Waals surface area contributed by atoms with Gasteiger partial charge < -0.3 is 14.7 Å². The Balaban J connectivity index is 1.14. The van der Waals surface area contributed by atoms with Crippen LogP contribution in [0.5, 0.6) is 0 Å². The van der Waals surface area contributed by atoms with Gasteiger partial charge in [-0.2, -0.15) is 0 Å². The molecule has 0 N–H and O–H groups in total. The summed E-state index contributed by atoms with van der Waals surface area (Å²) in [6, 6.07) is 82.9. The van der Waals surface area contributed by atoms with Crippen LogP contribution in [0.3, 0.4) is 0 Å². The Labute approximate surface area is 383 Å². The number of fused-ring (bicyclic) bond motifs is 12. The minimum Gasteiger partial charge on any atom is -0.310 e. The molecule has 0 saturated carbocycles. The predicted molar refractivity (Wildman–Crippen MR) is 274 cm³/mol. The summed E-state index contributed by atoms with van der Waals surface area (Å²) in [4.78, 5) is 7.43. The van der Waals surface area contributed by atoms with Crippen molar-refractivity contribution >= 4 is 82.7 Å². The highest BCUT2D eigenvalue weighted by Gasteiger charge is 2.57. The number of anilines is 9. The van der Waals surface area contributed by atoms with E-state index in [0.29, 0.717) is 0 Å². The van der Waals surface area contributed by atoms with Crippen molar-refractivity contribution in [2.45, 2.75) is 11.3 Å². The molecule has 9 aromatic carbocycles. The first-order valence-electron chi connectivity index (χ1n) is 22.5. The smallest absolute Gasteiger partial charge is 0.0716 e. The van der Waals surface area contributed by atoms with Gasteiger partial charge in [0.15, 0.2) is 0 Å². The number of para-hydroxylation sites is 5. The summed E-state index contributed by atoms with van der Waals surface area (Å²) in [5, 5.41) is 2.51. The van der Waals surface area contributed by atoms with Gasteiger partial charge in [-0.3, -0.25) is 0 Å². The summed E-state index contributed by atoms with van der Waals surface area (Å²) >= 11 is 1.86. The maximum atomic E-state index is 2.54. The third kappa shape index (κ3) is 5.74. The van der Waals surface area contributed by atoms with Crippen LogP contribution in [-0.2, 0) is 5.41 Å². The lowest BCUT2D eigenvalue weighted by Gasteiger charge is -2.48. The highest BCUT2D eigenvalue weighted by atomic mass is 32.1. The molecule has 308 valence electrons. The number of allylic oxidation sites excluding steroid dienone is 4. The van der Waals surface area contributed by atoms with Crippen molar-refractivity contribution in [3.05, 3.63) is 271 Å². The summed E-state index contributed by atoms with van der Waals surface area (Å²) in [7, 11) is 0. The Hall–Kier alpha value is -7.92. The molecule has 1 spiro atoms. The van der Waals surface area contributed by atoms with Crippen molar-refractivity contribution in [1.29, 1.82) is 0 Å². The first kappa shape index (κ1) is 37.6. The standard InChI is InChI=1S/C61H43N3S/c1-5-21-42(22-6-1)62(43-23-7-2-8-24-43)58-41-60-50(49-31-15-20-36-59(49)65-60)40-57(58)63(44-25-9-3-10-26-44)46-37-38-56-54(39-46)61(51-32-16-13-29-47(51)48-30-14-17-33-52(48)61)53-34-18-19-35-55(53)64(56)45-27-11-4-12-28-45/h1-41,47,51H. The molecule has 3 aliphatic rings. The van der Waals surface area contributed by atoms with E-state index in [1.807, 2.05) is 11.3 Å². The summed E-state index contributed by atoms with van der Waals surface area (Å²) in [5.74, 6) is 0.402. The molecule has 0 fully saturated rings. The molecular weight excluding hydrogens is 807 g/mol. The molecule has 0 bridgehead atoms. The van der Waals surface area contributed by atoms with E-state index in [0.717, 1.165) is 39.8 Å². The Morgan fingerprint density at radius 2 is 0.954 bits per heavy atom. The topological polar surface area (TPSA) is 9.72 Å². The lowest BCUT2D eigenvalue weighted by molar-refractivity contribution is 0.454. The van der Waals surface area contributed by atoms with Crippen LogP contribution in [0.15, 0.2) is 249 Å². The first-order valence-corrected chi connectivity index (χ1v) is 23.3. The van der Waals surface area contributed by atoms with Crippen LogP contribution in [-0.4, -0.2) is 0 Å². The lowest BCUT2D eigenvalue weighted by atomic mass is 9.60. The summed E-state index contributed by atoms with van der Waals surface area (Å²) in [5.41, 5.74) is 15.0. The molecule has 3 nitrogen and oxygen atoms in total. The SMILES string of the molecule is C1=CC2c3ccccc3C3(c4ccccc4N(c4ccccc4)c4ccc(N(c5ccccc5)c5cc6c(cc5N(c5ccccc5)c5ccccc5)sc5ccccc56)cc43)C2C=C1. The summed E-state index contributed by atoms with van der Waals surface area (Å²) in [6.45, 7) is 0.